The van der Waals surface area contributed by atoms with Gasteiger partial charge >= 0.3 is 5.82 Å². The number of nitrogens with zero attached hydrogens (tertiary/aromatic N) is 3. The molecule has 2 aromatic rings. The number of hydrogen-bond donors (Lipinski definition) is 0. The monoisotopic (exact) mass is 231 g/mol. The van der Waals surface area contributed by atoms with Crippen LogP contribution in [-0.2, 0) is 6.61 Å². The molecule has 0 radical (unpaired) electrons. The van der Waals surface area contributed by atoms with Crippen LogP contribution in [0.1, 0.15) is 5.69 Å². The minimum Gasteiger partial charge on any atom is -0.479 e. The zero-order chi connectivity index (χ0) is 12.1. The third-order valence-corrected chi connectivity index (χ3v) is 2.03. The Kier molecular flexibility index (Phi) is 3.25. The topological polar surface area (TPSA) is 78.2 Å². The van der Waals surface area contributed by atoms with Crippen molar-refractivity contribution in [3.63, 3.8) is 0 Å². The van der Waals surface area contributed by atoms with E-state index in [9.17, 15) is 10.1 Å². The van der Waals surface area contributed by atoms with E-state index in [-0.39, 0.29) is 18.2 Å². The molecule has 0 saturated heterocycles. The van der Waals surface area contributed by atoms with E-state index in [1.807, 2.05) is 6.07 Å². The molecule has 0 aliphatic heterocycles. The molecule has 6 nitrogen and oxygen atoms in total. The van der Waals surface area contributed by atoms with Gasteiger partial charge in [-0.15, -0.1) is 0 Å². The number of aromatic nitrogens is 2. The summed E-state index contributed by atoms with van der Waals surface area (Å²) in [5, 5.41) is 10.7. The van der Waals surface area contributed by atoms with Crippen molar-refractivity contribution in [3.05, 3.63) is 58.5 Å². The predicted molar refractivity (Wildman–Crippen MR) is 59.5 cm³/mol. The highest BCUT2D eigenvalue weighted by molar-refractivity contribution is 5.38. The van der Waals surface area contributed by atoms with Crippen LogP contribution in [0.15, 0.2) is 42.7 Å². The van der Waals surface area contributed by atoms with Crippen LogP contribution in [0.4, 0.5) is 5.82 Å². The van der Waals surface area contributed by atoms with Crippen molar-refractivity contribution in [1.29, 1.82) is 0 Å². The van der Waals surface area contributed by atoms with Gasteiger partial charge in [0.25, 0.3) is 0 Å². The first kappa shape index (κ1) is 11.0. The Morgan fingerprint density at radius 1 is 1.18 bits per heavy atom. The van der Waals surface area contributed by atoms with Crippen molar-refractivity contribution >= 4 is 5.82 Å². The maximum Gasteiger partial charge on any atom is 0.406 e. The van der Waals surface area contributed by atoms with Gasteiger partial charge in [-0.3, -0.25) is 4.98 Å². The van der Waals surface area contributed by atoms with E-state index in [1.165, 1.54) is 12.3 Å². The molecule has 2 rings (SSSR count). The van der Waals surface area contributed by atoms with Gasteiger partial charge in [-0.25, -0.2) is 0 Å². The molecular formula is C11H9N3O3. The highest BCUT2D eigenvalue weighted by Crippen LogP contribution is 2.23. The molecule has 6 heteroatoms. The van der Waals surface area contributed by atoms with Gasteiger partial charge in [0.2, 0.25) is 5.75 Å². The lowest BCUT2D eigenvalue weighted by Gasteiger charge is -2.04. The summed E-state index contributed by atoms with van der Waals surface area (Å²) in [5.41, 5.74) is 0.700. The van der Waals surface area contributed by atoms with Gasteiger partial charge in [0.05, 0.1) is 5.69 Å². The van der Waals surface area contributed by atoms with Gasteiger partial charge in [0.1, 0.15) is 12.8 Å². The second-order valence-corrected chi connectivity index (χ2v) is 3.19. The van der Waals surface area contributed by atoms with Crippen LogP contribution < -0.4 is 4.74 Å². The van der Waals surface area contributed by atoms with Crippen LogP contribution in [0.3, 0.4) is 0 Å². The average Bonchev–Trinajstić information content (AvgIpc) is 2.38. The Balaban J connectivity index is 2.12. The second-order valence-electron chi connectivity index (χ2n) is 3.19. The Bertz CT molecular complexity index is 516. The summed E-state index contributed by atoms with van der Waals surface area (Å²) in [7, 11) is 0. The summed E-state index contributed by atoms with van der Waals surface area (Å²) in [4.78, 5) is 17.8. The van der Waals surface area contributed by atoms with Crippen molar-refractivity contribution in [1.82, 2.24) is 9.97 Å². The summed E-state index contributed by atoms with van der Waals surface area (Å²) in [5.74, 6) is -0.147. The van der Waals surface area contributed by atoms with Crippen LogP contribution >= 0.6 is 0 Å². The Labute approximate surface area is 97.1 Å². The third kappa shape index (κ3) is 2.75. The molecule has 0 amide bonds. The fourth-order valence-electron chi connectivity index (χ4n) is 1.27. The van der Waals surface area contributed by atoms with E-state index in [0.29, 0.717) is 5.69 Å². The number of pyridine rings is 2. The highest BCUT2D eigenvalue weighted by atomic mass is 16.6. The minimum absolute atomic E-state index is 0.142. The molecule has 0 aliphatic carbocycles. The summed E-state index contributed by atoms with van der Waals surface area (Å²) < 4.78 is 5.32. The normalized spacial score (nSPS) is 9.88. The standard InChI is InChI=1S/C11H9N3O3/c15-14(16)11-10(5-3-7-13-11)17-8-9-4-1-2-6-12-9/h1-7H,8H2. The van der Waals surface area contributed by atoms with E-state index < -0.39 is 4.92 Å². The fourth-order valence-corrected chi connectivity index (χ4v) is 1.27. The molecule has 0 aromatic carbocycles. The van der Waals surface area contributed by atoms with Crippen LogP contribution in [-0.4, -0.2) is 14.9 Å². The molecule has 0 bridgehead atoms. The molecule has 2 aromatic heterocycles. The first-order chi connectivity index (χ1) is 8.27. The largest absolute Gasteiger partial charge is 0.479 e. The molecular weight excluding hydrogens is 222 g/mol. The quantitative estimate of drug-likeness (QED) is 0.593. The van der Waals surface area contributed by atoms with E-state index in [0.717, 1.165) is 0 Å². The second kappa shape index (κ2) is 5.02. The predicted octanol–water partition coefficient (Wildman–Crippen LogP) is 1.96. The maximum absolute atomic E-state index is 10.7. The van der Waals surface area contributed by atoms with Gasteiger partial charge in [0, 0.05) is 6.20 Å². The Hall–Kier alpha value is -2.50. The first-order valence-corrected chi connectivity index (χ1v) is 4.89. The van der Waals surface area contributed by atoms with E-state index in [4.69, 9.17) is 4.74 Å². The van der Waals surface area contributed by atoms with Crippen molar-refractivity contribution in [2.75, 3.05) is 0 Å². The summed E-state index contributed by atoms with van der Waals surface area (Å²) >= 11 is 0. The lowest BCUT2D eigenvalue weighted by Crippen LogP contribution is -2.01. The summed E-state index contributed by atoms with van der Waals surface area (Å²) in [6, 6.07) is 8.48. The van der Waals surface area contributed by atoms with Crippen LogP contribution in [0.25, 0.3) is 0 Å². The SMILES string of the molecule is O=[N+]([O-])c1ncccc1OCc1ccccn1. The smallest absolute Gasteiger partial charge is 0.406 e. The fraction of sp³-hybridized carbons (Fsp3) is 0.0909. The van der Waals surface area contributed by atoms with Gasteiger partial charge in [-0.05, 0) is 34.2 Å². The number of nitro groups is 1. The Morgan fingerprint density at radius 3 is 2.71 bits per heavy atom. The Morgan fingerprint density at radius 2 is 2.00 bits per heavy atom. The zero-order valence-corrected chi connectivity index (χ0v) is 8.81. The molecule has 0 aliphatic rings. The number of rotatable bonds is 4. The first-order valence-electron chi connectivity index (χ1n) is 4.89. The number of hydrogen-bond acceptors (Lipinski definition) is 5. The lowest BCUT2D eigenvalue weighted by atomic mass is 10.3. The van der Waals surface area contributed by atoms with Crippen molar-refractivity contribution in [2.24, 2.45) is 0 Å². The average molecular weight is 231 g/mol. The lowest BCUT2D eigenvalue weighted by molar-refractivity contribution is -0.390. The molecule has 0 unspecified atom stereocenters. The van der Waals surface area contributed by atoms with Crippen molar-refractivity contribution in [3.8, 4) is 5.75 Å². The highest BCUT2D eigenvalue weighted by Gasteiger charge is 2.15. The molecule has 86 valence electrons. The molecule has 0 N–H and O–H groups in total. The number of ether oxygens (including phenoxy) is 1. The molecule has 17 heavy (non-hydrogen) atoms. The van der Waals surface area contributed by atoms with Gasteiger partial charge in [0.15, 0.2) is 0 Å². The van der Waals surface area contributed by atoms with Crippen LogP contribution in [0, 0.1) is 10.1 Å². The van der Waals surface area contributed by atoms with Crippen LogP contribution in [0.2, 0.25) is 0 Å². The van der Waals surface area contributed by atoms with Gasteiger partial charge in [-0.1, -0.05) is 6.07 Å². The third-order valence-electron chi connectivity index (χ3n) is 2.03. The maximum atomic E-state index is 10.7. The van der Waals surface area contributed by atoms with E-state index in [1.54, 1.807) is 24.4 Å². The molecule has 2 heterocycles. The van der Waals surface area contributed by atoms with Gasteiger partial charge in [-0.2, -0.15) is 0 Å². The van der Waals surface area contributed by atoms with Crippen LogP contribution in [0.5, 0.6) is 5.75 Å². The summed E-state index contributed by atoms with van der Waals surface area (Å²) in [6.07, 6.45) is 2.99. The summed E-state index contributed by atoms with van der Waals surface area (Å²) in [6.45, 7) is 0.174. The molecule has 0 spiro atoms. The molecule has 0 saturated carbocycles. The molecule has 0 fully saturated rings. The van der Waals surface area contributed by atoms with Crippen molar-refractivity contribution in [2.45, 2.75) is 6.61 Å². The zero-order valence-electron chi connectivity index (χ0n) is 8.81. The van der Waals surface area contributed by atoms with Crippen molar-refractivity contribution < 1.29 is 9.66 Å². The van der Waals surface area contributed by atoms with E-state index >= 15 is 0 Å². The molecule has 0 atom stereocenters. The van der Waals surface area contributed by atoms with E-state index in [2.05, 4.69) is 9.97 Å². The van der Waals surface area contributed by atoms with Gasteiger partial charge < -0.3 is 14.9 Å². The minimum atomic E-state index is -0.576.